The SMILES string of the molecule is CCOC(=O)N(c1c(C(=O)O)ccc2ccccc12)c1ccc(C(=O)O)c2ccccc12. The van der Waals surface area contributed by atoms with E-state index in [9.17, 15) is 24.6 Å². The second-order valence-electron chi connectivity index (χ2n) is 7.01. The van der Waals surface area contributed by atoms with Crippen molar-refractivity contribution in [3.05, 3.63) is 83.9 Å². The molecule has 0 aromatic heterocycles. The molecule has 7 heteroatoms. The molecule has 2 N–H and O–H groups in total. The molecular formula is C25H19NO6. The number of carboxylic acids is 2. The number of aromatic carboxylic acids is 2. The summed E-state index contributed by atoms with van der Waals surface area (Å²) in [4.78, 5) is 38.3. The number of amides is 1. The highest BCUT2D eigenvalue weighted by atomic mass is 16.6. The number of nitrogens with zero attached hydrogens (tertiary/aromatic N) is 1. The van der Waals surface area contributed by atoms with Gasteiger partial charge in [-0.15, -0.1) is 0 Å². The topological polar surface area (TPSA) is 104 Å². The van der Waals surface area contributed by atoms with Crippen LogP contribution in [0, 0.1) is 0 Å². The Labute approximate surface area is 183 Å². The average Bonchev–Trinajstić information content (AvgIpc) is 2.79. The molecule has 7 nitrogen and oxygen atoms in total. The van der Waals surface area contributed by atoms with Crippen molar-refractivity contribution < 1.29 is 29.3 Å². The lowest BCUT2D eigenvalue weighted by Crippen LogP contribution is -2.29. The molecule has 4 aromatic rings. The maximum absolute atomic E-state index is 13.2. The van der Waals surface area contributed by atoms with Crippen LogP contribution in [0.25, 0.3) is 21.5 Å². The van der Waals surface area contributed by atoms with Gasteiger partial charge in [0.15, 0.2) is 0 Å². The quantitative estimate of drug-likeness (QED) is 0.423. The first-order valence-electron chi connectivity index (χ1n) is 9.91. The number of fused-ring (bicyclic) bond motifs is 2. The number of benzene rings is 4. The molecule has 0 unspecified atom stereocenters. The molecule has 0 saturated carbocycles. The van der Waals surface area contributed by atoms with Gasteiger partial charge in [-0.3, -0.25) is 0 Å². The number of ether oxygens (including phenoxy) is 1. The molecule has 0 heterocycles. The summed E-state index contributed by atoms with van der Waals surface area (Å²) in [6.07, 6.45) is -0.764. The van der Waals surface area contributed by atoms with E-state index < -0.39 is 18.0 Å². The average molecular weight is 429 g/mol. The van der Waals surface area contributed by atoms with E-state index in [4.69, 9.17) is 4.74 Å². The second-order valence-corrected chi connectivity index (χ2v) is 7.01. The van der Waals surface area contributed by atoms with Gasteiger partial charge in [0.25, 0.3) is 0 Å². The minimum atomic E-state index is -1.20. The Morgan fingerprint density at radius 3 is 2.00 bits per heavy atom. The predicted octanol–water partition coefficient (Wildman–Crippen LogP) is 5.68. The van der Waals surface area contributed by atoms with Crippen LogP contribution in [0.3, 0.4) is 0 Å². The lowest BCUT2D eigenvalue weighted by atomic mass is 9.99. The molecule has 1 amide bonds. The maximum atomic E-state index is 13.2. The molecule has 0 fully saturated rings. The highest BCUT2D eigenvalue weighted by Crippen LogP contribution is 2.40. The van der Waals surface area contributed by atoms with Crippen LogP contribution in [0.1, 0.15) is 27.6 Å². The molecule has 0 bridgehead atoms. The number of carbonyl (C=O) groups excluding carboxylic acids is 1. The van der Waals surface area contributed by atoms with Crippen molar-refractivity contribution in [2.45, 2.75) is 6.92 Å². The van der Waals surface area contributed by atoms with Crippen molar-refractivity contribution >= 4 is 51.0 Å². The van der Waals surface area contributed by atoms with E-state index in [1.807, 2.05) is 12.1 Å². The van der Waals surface area contributed by atoms with Gasteiger partial charge in [-0.2, -0.15) is 0 Å². The van der Waals surface area contributed by atoms with Gasteiger partial charge in [0.2, 0.25) is 0 Å². The number of anilines is 2. The number of rotatable bonds is 5. The highest BCUT2D eigenvalue weighted by molar-refractivity contribution is 6.18. The molecule has 0 radical (unpaired) electrons. The zero-order valence-corrected chi connectivity index (χ0v) is 17.1. The van der Waals surface area contributed by atoms with Crippen molar-refractivity contribution in [2.75, 3.05) is 11.5 Å². The minimum Gasteiger partial charge on any atom is -0.478 e. The number of hydrogen-bond donors (Lipinski definition) is 2. The zero-order valence-electron chi connectivity index (χ0n) is 17.1. The van der Waals surface area contributed by atoms with Gasteiger partial charge >= 0.3 is 18.0 Å². The standard InChI is InChI=1S/C25H19NO6/c1-2-32-25(31)26(21-14-13-19(23(27)28)17-9-5-6-10-18(17)21)22-16-8-4-3-7-15(16)11-12-20(22)24(29)30/h3-14H,2H2,1H3,(H,27,28)(H,29,30). The summed E-state index contributed by atoms with van der Waals surface area (Å²) in [6, 6.07) is 19.9. The summed E-state index contributed by atoms with van der Waals surface area (Å²) in [5.74, 6) is -2.31. The van der Waals surface area contributed by atoms with Crippen LogP contribution < -0.4 is 4.90 Å². The first-order chi connectivity index (χ1) is 15.4. The van der Waals surface area contributed by atoms with Gasteiger partial charge in [0.05, 0.1) is 29.1 Å². The van der Waals surface area contributed by atoms with E-state index in [2.05, 4.69) is 0 Å². The molecule has 0 aliphatic heterocycles. The molecule has 160 valence electrons. The maximum Gasteiger partial charge on any atom is 0.418 e. The van der Waals surface area contributed by atoms with Crippen molar-refractivity contribution in [3.8, 4) is 0 Å². The molecule has 32 heavy (non-hydrogen) atoms. The van der Waals surface area contributed by atoms with Crippen LogP contribution >= 0.6 is 0 Å². The molecule has 4 aromatic carbocycles. The third kappa shape index (κ3) is 3.50. The summed E-state index contributed by atoms with van der Waals surface area (Å²) < 4.78 is 5.30. The Balaban J connectivity index is 2.12. The smallest absolute Gasteiger partial charge is 0.418 e. The fourth-order valence-corrected chi connectivity index (χ4v) is 3.83. The molecule has 0 aliphatic rings. The summed E-state index contributed by atoms with van der Waals surface area (Å²) in [5, 5.41) is 21.7. The number of hydrogen-bond acceptors (Lipinski definition) is 4. The van der Waals surface area contributed by atoms with Crippen molar-refractivity contribution in [2.24, 2.45) is 0 Å². The van der Waals surface area contributed by atoms with Gasteiger partial charge in [0, 0.05) is 10.8 Å². The van der Waals surface area contributed by atoms with Gasteiger partial charge in [-0.1, -0.05) is 54.6 Å². The number of carbonyl (C=O) groups is 3. The Morgan fingerprint density at radius 2 is 1.34 bits per heavy atom. The molecule has 0 atom stereocenters. The predicted molar refractivity (Wildman–Crippen MR) is 121 cm³/mol. The third-order valence-electron chi connectivity index (χ3n) is 5.18. The van der Waals surface area contributed by atoms with E-state index in [0.29, 0.717) is 21.8 Å². The fraction of sp³-hybridized carbons (Fsp3) is 0.0800. The van der Waals surface area contributed by atoms with E-state index in [1.165, 1.54) is 23.1 Å². The Hall–Kier alpha value is -4.39. The third-order valence-corrected chi connectivity index (χ3v) is 5.18. The van der Waals surface area contributed by atoms with Crippen LogP contribution in [0.4, 0.5) is 16.2 Å². The second kappa shape index (κ2) is 8.39. The van der Waals surface area contributed by atoms with E-state index in [0.717, 1.165) is 5.39 Å². The first-order valence-corrected chi connectivity index (χ1v) is 9.91. The van der Waals surface area contributed by atoms with Gasteiger partial charge in [0.1, 0.15) is 0 Å². The molecule has 0 spiro atoms. The Kier molecular flexibility index (Phi) is 5.47. The largest absolute Gasteiger partial charge is 0.478 e. The van der Waals surface area contributed by atoms with Crippen LogP contribution in [0.15, 0.2) is 72.8 Å². The zero-order chi connectivity index (χ0) is 22.8. The van der Waals surface area contributed by atoms with E-state index in [1.54, 1.807) is 49.4 Å². The fourth-order valence-electron chi connectivity index (χ4n) is 3.83. The molecule has 4 rings (SSSR count). The van der Waals surface area contributed by atoms with Crippen LogP contribution in [0.2, 0.25) is 0 Å². The van der Waals surface area contributed by atoms with E-state index in [-0.39, 0.29) is 23.4 Å². The van der Waals surface area contributed by atoms with Crippen LogP contribution in [-0.2, 0) is 4.74 Å². The van der Waals surface area contributed by atoms with Crippen molar-refractivity contribution in [3.63, 3.8) is 0 Å². The highest BCUT2D eigenvalue weighted by Gasteiger charge is 2.28. The Morgan fingerprint density at radius 1 is 0.750 bits per heavy atom. The minimum absolute atomic E-state index is 0.0736. The lowest BCUT2D eigenvalue weighted by molar-refractivity contribution is 0.0687. The molecule has 0 aliphatic carbocycles. The lowest BCUT2D eigenvalue weighted by Gasteiger charge is -2.26. The van der Waals surface area contributed by atoms with Crippen LogP contribution in [0.5, 0.6) is 0 Å². The first kappa shape index (κ1) is 20.9. The summed E-state index contributed by atoms with van der Waals surface area (Å²) in [7, 11) is 0. The summed E-state index contributed by atoms with van der Waals surface area (Å²) >= 11 is 0. The monoisotopic (exact) mass is 429 g/mol. The van der Waals surface area contributed by atoms with Crippen LogP contribution in [-0.4, -0.2) is 34.9 Å². The summed E-state index contributed by atoms with van der Waals surface area (Å²) in [6.45, 7) is 1.73. The van der Waals surface area contributed by atoms with Gasteiger partial charge in [-0.05, 0) is 35.9 Å². The normalized spacial score (nSPS) is 10.8. The molecule has 0 saturated heterocycles. The van der Waals surface area contributed by atoms with E-state index >= 15 is 0 Å². The summed E-state index contributed by atoms with van der Waals surface area (Å²) in [5.41, 5.74) is 0.470. The van der Waals surface area contributed by atoms with Crippen molar-refractivity contribution in [1.29, 1.82) is 0 Å². The molecular weight excluding hydrogens is 410 g/mol. The van der Waals surface area contributed by atoms with Gasteiger partial charge < -0.3 is 14.9 Å². The van der Waals surface area contributed by atoms with Crippen molar-refractivity contribution in [1.82, 2.24) is 0 Å². The Bertz CT molecular complexity index is 1380. The number of carboxylic acid groups (broad SMARTS) is 2. The van der Waals surface area contributed by atoms with Gasteiger partial charge in [-0.25, -0.2) is 19.3 Å².